The fourth-order valence-corrected chi connectivity index (χ4v) is 3.68. The number of aliphatic hydroxyl groups excluding tert-OH is 1. The molecule has 1 aliphatic heterocycles. The fraction of sp³-hybridized carbons (Fsp3) is 0.941. The summed E-state index contributed by atoms with van der Waals surface area (Å²) in [6, 6.07) is 0.788. The lowest BCUT2D eigenvalue weighted by Crippen LogP contribution is -2.43. The summed E-state index contributed by atoms with van der Waals surface area (Å²) in [6.45, 7) is 4.36. The highest BCUT2D eigenvalue weighted by Crippen LogP contribution is 2.24. The van der Waals surface area contributed by atoms with Crippen LogP contribution >= 0.6 is 0 Å². The fourth-order valence-electron chi connectivity index (χ4n) is 3.68. The Balaban J connectivity index is 1.68. The molecule has 1 unspecified atom stereocenters. The van der Waals surface area contributed by atoms with Crippen LogP contribution in [0.4, 0.5) is 0 Å². The summed E-state index contributed by atoms with van der Waals surface area (Å²) in [7, 11) is 0. The van der Waals surface area contributed by atoms with Gasteiger partial charge in [0.2, 0.25) is 5.91 Å². The number of carbonyl (C=O) groups excluding carboxylic acids is 1. The van der Waals surface area contributed by atoms with Crippen LogP contribution in [0.5, 0.6) is 0 Å². The van der Waals surface area contributed by atoms with Crippen LogP contribution in [0.3, 0.4) is 0 Å². The molecule has 4 heteroatoms. The quantitative estimate of drug-likeness (QED) is 0.818. The van der Waals surface area contributed by atoms with E-state index in [0.29, 0.717) is 30.9 Å². The number of hydrogen-bond acceptors (Lipinski definition) is 3. The van der Waals surface area contributed by atoms with Gasteiger partial charge < -0.3 is 15.3 Å². The van der Waals surface area contributed by atoms with Crippen molar-refractivity contribution in [3.05, 3.63) is 0 Å². The number of likely N-dealkylation sites (tertiary alicyclic amines) is 1. The molecule has 21 heavy (non-hydrogen) atoms. The van der Waals surface area contributed by atoms with Gasteiger partial charge in [-0.25, -0.2) is 0 Å². The summed E-state index contributed by atoms with van der Waals surface area (Å²) in [6.07, 6.45) is 9.98. The van der Waals surface area contributed by atoms with Crippen LogP contribution in [0.2, 0.25) is 0 Å². The normalized spacial score (nSPS) is 29.0. The largest absolute Gasteiger partial charge is 0.396 e. The molecule has 2 N–H and O–H groups in total. The first-order valence-electron chi connectivity index (χ1n) is 8.83. The van der Waals surface area contributed by atoms with Gasteiger partial charge in [-0.3, -0.25) is 4.79 Å². The zero-order chi connectivity index (χ0) is 15.1. The maximum Gasteiger partial charge on any atom is 0.224 e. The van der Waals surface area contributed by atoms with Crippen molar-refractivity contribution in [3.63, 3.8) is 0 Å². The summed E-state index contributed by atoms with van der Waals surface area (Å²) < 4.78 is 0. The van der Waals surface area contributed by atoms with Crippen molar-refractivity contribution in [2.45, 2.75) is 76.8 Å². The molecule has 1 saturated carbocycles. The van der Waals surface area contributed by atoms with E-state index in [1.807, 2.05) is 0 Å². The second kappa shape index (κ2) is 8.74. The monoisotopic (exact) mass is 296 g/mol. The Morgan fingerprint density at radius 2 is 1.76 bits per heavy atom. The molecule has 2 rings (SSSR count). The number of amides is 1. The van der Waals surface area contributed by atoms with Crippen molar-refractivity contribution in [1.29, 1.82) is 0 Å². The molecule has 0 bridgehead atoms. The van der Waals surface area contributed by atoms with Gasteiger partial charge in [0, 0.05) is 38.2 Å². The maximum atomic E-state index is 12.4. The Bertz CT molecular complexity index is 306. The van der Waals surface area contributed by atoms with E-state index < -0.39 is 0 Å². The van der Waals surface area contributed by atoms with Crippen molar-refractivity contribution in [2.75, 3.05) is 19.7 Å². The first-order valence-corrected chi connectivity index (χ1v) is 8.83. The van der Waals surface area contributed by atoms with Gasteiger partial charge in [-0.1, -0.05) is 12.8 Å². The van der Waals surface area contributed by atoms with Gasteiger partial charge in [-0.2, -0.15) is 0 Å². The van der Waals surface area contributed by atoms with E-state index in [0.717, 1.165) is 38.8 Å². The average molecular weight is 296 g/mol. The summed E-state index contributed by atoms with van der Waals surface area (Å²) in [5.74, 6) is 0.818. The van der Waals surface area contributed by atoms with Gasteiger partial charge >= 0.3 is 0 Å². The van der Waals surface area contributed by atoms with Gasteiger partial charge in [-0.15, -0.1) is 0 Å². The highest BCUT2D eigenvalue weighted by Gasteiger charge is 2.23. The van der Waals surface area contributed by atoms with Gasteiger partial charge in [0.1, 0.15) is 0 Å². The lowest BCUT2D eigenvalue weighted by atomic mass is 9.86. The number of nitrogens with one attached hydrogen (secondary N) is 1. The molecule has 1 amide bonds. The summed E-state index contributed by atoms with van der Waals surface area (Å²) >= 11 is 0. The third-order valence-electron chi connectivity index (χ3n) is 5.06. The molecule has 0 spiro atoms. The van der Waals surface area contributed by atoms with E-state index in [1.165, 1.54) is 25.7 Å². The standard InChI is InChI=1S/C17H32N2O2/c1-14(18-16-8-6-15(13-20)7-9-16)12-17(21)19-10-4-2-3-5-11-19/h14-16,18,20H,2-13H2,1H3. The molecule has 2 aliphatic rings. The highest BCUT2D eigenvalue weighted by atomic mass is 16.3. The summed E-state index contributed by atoms with van der Waals surface area (Å²) in [5, 5.41) is 12.8. The molecule has 1 heterocycles. The van der Waals surface area contributed by atoms with Crippen LogP contribution < -0.4 is 5.32 Å². The molecule has 0 radical (unpaired) electrons. The molecule has 2 fully saturated rings. The van der Waals surface area contributed by atoms with Gasteiger partial charge in [0.25, 0.3) is 0 Å². The van der Waals surface area contributed by atoms with Crippen LogP contribution in [0.1, 0.15) is 64.7 Å². The molecule has 1 aliphatic carbocycles. The average Bonchev–Trinajstić information content (AvgIpc) is 2.77. The Morgan fingerprint density at radius 3 is 2.33 bits per heavy atom. The van der Waals surface area contributed by atoms with Crippen molar-refractivity contribution < 1.29 is 9.90 Å². The number of carbonyl (C=O) groups is 1. The molecule has 1 atom stereocenters. The van der Waals surface area contributed by atoms with Gasteiger partial charge in [0.15, 0.2) is 0 Å². The smallest absolute Gasteiger partial charge is 0.224 e. The van der Waals surface area contributed by atoms with Crippen LogP contribution in [-0.4, -0.2) is 47.7 Å². The second-order valence-electron chi connectivity index (χ2n) is 6.97. The maximum absolute atomic E-state index is 12.4. The first-order chi connectivity index (χ1) is 10.2. The van der Waals surface area contributed by atoms with Crippen molar-refractivity contribution in [1.82, 2.24) is 10.2 Å². The van der Waals surface area contributed by atoms with E-state index in [2.05, 4.69) is 17.1 Å². The van der Waals surface area contributed by atoms with E-state index in [9.17, 15) is 9.90 Å². The zero-order valence-corrected chi connectivity index (χ0v) is 13.5. The van der Waals surface area contributed by atoms with Crippen molar-refractivity contribution in [2.24, 2.45) is 5.92 Å². The third kappa shape index (κ3) is 5.59. The molecule has 0 aromatic rings. The highest BCUT2D eigenvalue weighted by molar-refractivity contribution is 5.76. The van der Waals surface area contributed by atoms with Crippen LogP contribution in [-0.2, 0) is 4.79 Å². The van der Waals surface area contributed by atoms with Crippen LogP contribution in [0.25, 0.3) is 0 Å². The zero-order valence-electron chi connectivity index (χ0n) is 13.5. The Hall–Kier alpha value is -0.610. The molecule has 0 aromatic carbocycles. The number of aliphatic hydroxyl groups is 1. The Labute approximate surface area is 129 Å². The molecular formula is C17H32N2O2. The Morgan fingerprint density at radius 1 is 1.14 bits per heavy atom. The Kier molecular flexibility index (Phi) is 6.97. The lowest BCUT2D eigenvalue weighted by Gasteiger charge is -2.31. The summed E-state index contributed by atoms with van der Waals surface area (Å²) in [4.78, 5) is 14.4. The predicted octanol–water partition coefficient (Wildman–Crippen LogP) is 2.31. The van der Waals surface area contributed by atoms with E-state index >= 15 is 0 Å². The topological polar surface area (TPSA) is 52.6 Å². The lowest BCUT2D eigenvalue weighted by molar-refractivity contribution is -0.131. The molecule has 122 valence electrons. The third-order valence-corrected chi connectivity index (χ3v) is 5.06. The number of rotatable bonds is 5. The van der Waals surface area contributed by atoms with Crippen LogP contribution in [0.15, 0.2) is 0 Å². The minimum Gasteiger partial charge on any atom is -0.396 e. The molecular weight excluding hydrogens is 264 g/mol. The van der Waals surface area contributed by atoms with E-state index in [1.54, 1.807) is 0 Å². The van der Waals surface area contributed by atoms with Crippen molar-refractivity contribution >= 4 is 5.91 Å². The van der Waals surface area contributed by atoms with Crippen LogP contribution in [0, 0.1) is 5.92 Å². The molecule has 4 nitrogen and oxygen atoms in total. The number of hydrogen-bond donors (Lipinski definition) is 2. The first kappa shape index (κ1) is 16.8. The van der Waals surface area contributed by atoms with E-state index in [-0.39, 0.29) is 6.04 Å². The molecule has 1 saturated heterocycles. The van der Waals surface area contributed by atoms with E-state index in [4.69, 9.17) is 0 Å². The second-order valence-corrected chi connectivity index (χ2v) is 6.97. The SMILES string of the molecule is CC(CC(=O)N1CCCCCC1)NC1CCC(CO)CC1. The van der Waals surface area contributed by atoms with Gasteiger partial charge in [0.05, 0.1) is 0 Å². The van der Waals surface area contributed by atoms with Crippen molar-refractivity contribution in [3.8, 4) is 0 Å². The summed E-state index contributed by atoms with van der Waals surface area (Å²) in [5.41, 5.74) is 0. The predicted molar refractivity (Wildman–Crippen MR) is 85.1 cm³/mol. The minimum absolute atomic E-state index is 0.261. The number of nitrogens with zero attached hydrogens (tertiary/aromatic N) is 1. The van der Waals surface area contributed by atoms with Gasteiger partial charge in [-0.05, 0) is 51.4 Å². The minimum atomic E-state index is 0.261. The molecule has 0 aromatic heterocycles.